The second-order valence-electron chi connectivity index (χ2n) is 1.55. The predicted octanol–water partition coefficient (Wildman–Crippen LogP) is 1.82. The average molecular weight is 149 g/mol. The van der Waals surface area contributed by atoms with Gasteiger partial charge in [0.1, 0.15) is 0 Å². The van der Waals surface area contributed by atoms with Crippen LogP contribution < -0.4 is 4.84 Å². The Bertz CT molecular complexity index is 98.7. The minimum atomic E-state index is 0.565. The van der Waals surface area contributed by atoms with Gasteiger partial charge in [0.15, 0.2) is 0 Å². The van der Waals surface area contributed by atoms with Gasteiger partial charge >= 0.3 is 0 Å². The van der Waals surface area contributed by atoms with Crippen LogP contribution in [0, 0.1) is 0 Å². The molecule has 0 aromatic rings. The van der Waals surface area contributed by atoms with Crippen LogP contribution in [0.1, 0.15) is 12.8 Å². The van der Waals surface area contributed by atoms with Crippen molar-refractivity contribution in [1.29, 1.82) is 0 Å². The lowest BCUT2D eigenvalue weighted by molar-refractivity contribution is 0.727. The molecule has 1 N–H and O–H groups in total. The molecule has 0 bridgehead atoms. The lowest BCUT2D eigenvalue weighted by Gasteiger charge is -1.91. The van der Waals surface area contributed by atoms with Crippen molar-refractivity contribution in [3.05, 3.63) is 10.4 Å². The van der Waals surface area contributed by atoms with E-state index in [4.69, 9.17) is 17.3 Å². The number of unbranched alkanes of at least 4 members (excludes halogenated alkanes) is 1. The van der Waals surface area contributed by atoms with E-state index >= 15 is 0 Å². The van der Waals surface area contributed by atoms with Crippen LogP contribution in [0.2, 0.25) is 0 Å². The van der Waals surface area contributed by atoms with E-state index in [9.17, 15) is 0 Å². The number of hydrogen-bond acceptors (Lipinski definition) is 2. The molecule has 0 unspecified atom stereocenters. The van der Waals surface area contributed by atoms with E-state index in [0.29, 0.717) is 6.54 Å². The molecule has 0 heterocycles. The third-order valence-electron chi connectivity index (χ3n) is 0.843. The summed E-state index contributed by atoms with van der Waals surface area (Å²) in [6, 6.07) is 0. The maximum atomic E-state index is 7.84. The van der Waals surface area contributed by atoms with E-state index in [1.54, 1.807) is 0 Å². The number of nitrogens with zero attached hydrogens (tertiary/aromatic N) is 3. The standard InChI is InChI=1S/C4H9ClN4/c5-7-3-1-2-4-8-9-6/h7H,1-4H2. The quantitative estimate of drug-likeness (QED) is 0.209. The van der Waals surface area contributed by atoms with Crippen LogP contribution in [0.5, 0.6) is 0 Å². The molecule has 0 aliphatic heterocycles. The summed E-state index contributed by atoms with van der Waals surface area (Å²) in [5.74, 6) is 0. The van der Waals surface area contributed by atoms with Crippen molar-refractivity contribution in [2.24, 2.45) is 5.11 Å². The Kier molecular flexibility index (Phi) is 7.19. The Morgan fingerprint density at radius 1 is 1.56 bits per heavy atom. The molecule has 0 rings (SSSR count). The Morgan fingerprint density at radius 2 is 2.33 bits per heavy atom. The Hall–Kier alpha value is -0.440. The smallest absolute Gasteiger partial charge is 0.0258 e. The highest BCUT2D eigenvalue weighted by atomic mass is 35.5. The zero-order valence-electron chi connectivity index (χ0n) is 5.05. The first-order valence-electron chi connectivity index (χ1n) is 2.76. The molecule has 4 nitrogen and oxygen atoms in total. The normalized spacial score (nSPS) is 8.56. The van der Waals surface area contributed by atoms with Gasteiger partial charge in [-0.2, -0.15) is 0 Å². The molecule has 5 heteroatoms. The van der Waals surface area contributed by atoms with Gasteiger partial charge in [0.05, 0.1) is 0 Å². The average Bonchev–Trinajstić information content (AvgIpc) is 1.89. The zero-order valence-corrected chi connectivity index (χ0v) is 5.80. The summed E-state index contributed by atoms with van der Waals surface area (Å²) in [5.41, 5.74) is 7.84. The third-order valence-corrected chi connectivity index (χ3v) is 1.03. The minimum absolute atomic E-state index is 0.565. The first-order valence-corrected chi connectivity index (χ1v) is 3.14. The van der Waals surface area contributed by atoms with Crippen molar-refractivity contribution in [1.82, 2.24) is 4.84 Å². The monoisotopic (exact) mass is 148 g/mol. The van der Waals surface area contributed by atoms with Gasteiger partial charge in [-0.25, -0.2) is 4.84 Å². The summed E-state index contributed by atoms with van der Waals surface area (Å²) in [6.45, 7) is 1.33. The minimum Gasteiger partial charge on any atom is -0.234 e. The molecule has 0 amide bonds. The fourth-order valence-electron chi connectivity index (χ4n) is 0.419. The summed E-state index contributed by atoms with van der Waals surface area (Å²) in [5, 5.41) is 3.35. The molecule has 0 fully saturated rings. The van der Waals surface area contributed by atoms with Crippen LogP contribution >= 0.6 is 11.8 Å². The van der Waals surface area contributed by atoms with Gasteiger partial charge in [0.25, 0.3) is 0 Å². The SMILES string of the molecule is [N-]=[N+]=NCCCCNCl. The van der Waals surface area contributed by atoms with Crippen molar-refractivity contribution < 1.29 is 0 Å². The molecule has 0 spiro atoms. The second-order valence-corrected chi connectivity index (χ2v) is 1.81. The van der Waals surface area contributed by atoms with Gasteiger partial charge in [-0.15, -0.1) is 0 Å². The molecule has 9 heavy (non-hydrogen) atoms. The summed E-state index contributed by atoms with van der Waals surface area (Å²) >= 11 is 5.16. The lowest BCUT2D eigenvalue weighted by Crippen LogP contribution is -2.00. The second kappa shape index (κ2) is 7.56. The van der Waals surface area contributed by atoms with Gasteiger partial charge in [0, 0.05) is 18.0 Å². The van der Waals surface area contributed by atoms with Crippen molar-refractivity contribution in [3.8, 4) is 0 Å². The van der Waals surface area contributed by atoms with E-state index in [1.807, 2.05) is 0 Å². The van der Waals surface area contributed by atoms with E-state index in [0.717, 1.165) is 19.4 Å². The summed E-state index contributed by atoms with van der Waals surface area (Å²) in [7, 11) is 0. The number of azide groups is 1. The fraction of sp³-hybridized carbons (Fsp3) is 1.00. The maximum Gasteiger partial charge on any atom is 0.0258 e. The van der Waals surface area contributed by atoms with Crippen LogP contribution in [-0.2, 0) is 0 Å². The van der Waals surface area contributed by atoms with Crippen LogP contribution in [0.25, 0.3) is 10.4 Å². The molecule has 0 saturated heterocycles. The molecule has 52 valence electrons. The molecule has 0 aromatic carbocycles. The maximum absolute atomic E-state index is 7.84. The van der Waals surface area contributed by atoms with Crippen LogP contribution in [0.4, 0.5) is 0 Å². The van der Waals surface area contributed by atoms with E-state index < -0.39 is 0 Å². The number of nitrogens with one attached hydrogen (secondary N) is 1. The van der Waals surface area contributed by atoms with Crippen molar-refractivity contribution in [3.63, 3.8) is 0 Å². The molecule has 0 saturated carbocycles. The van der Waals surface area contributed by atoms with Crippen molar-refractivity contribution in [2.45, 2.75) is 12.8 Å². The van der Waals surface area contributed by atoms with E-state index in [1.165, 1.54) is 0 Å². The Balaban J connectivity index is 2.82. The summed E-state index contributed by atoms with van der Waals surface area (Å²) in [4.78, 5) is 5.09. The summed E-state index contributed by atoms with van der Waals surface area (Å²) in [6.07, 6.45) is 1.84. The third kappa shape index (κ3) is 7.56. The first kappa shape index (κ1) is 8.56. The van der Waals surface area contributed by atoms with Crippen molar-refractivity contribution >= 4 is 11.8 Å². The summed E-state index contributed by atoms with van der Waals surface area (Å²) < 4.78 is 0. The molecule has 0 aliphatic carbocycles. The highest BCUT2D eigenvalue weighted by molar-refractivity contribution is 6.13. The predicted molar refractivity (Wildman–Crippen MR) is 37.1 cm³/mol. The van der Waals surface area contributed by atoms with Crippen LogP contribution in [0.3, 0.4) is 0 Å². The highest BCUT2D eigenvalue weighted by Crippen LogP contribution is 1.87. The number of hydrogen-bond donors (Lipinski definition) is 1. The Labute approximate surface area is 58.9 Å². The fourth-order valence-corrected chi connectivity index (χ4v) is 0.553. The molecular weight excluding hydrogens is 140 g/mol. The van der Waals surface area contributed by atoms with Gasteiger partial charge < -0.3 is 0 Å². The molecule has 0 aliphatic rings. The number of rotatable bonds is 5. The van der Waals surface area contributed by atoms with Gasteiger partial charge in [0.2, 0.25) is 0 Å². The van der Waals surface area contributed by atoms with Gasteiger partial charge in [-0.3, -0.25) is 0 Å². The van der Waals surface area contributed by atoms with Gasteiger partial charge in [-0.1, -0.05) is 5.11 Å². The Morgan fingerprint density at radius 3 is 2.89 bits per heavy atom. The largest absolute Gasteiger partial charge is 0.234 e. The molecular formula is C4H9ClN4. The van der Waals surface area contributed by atoms with Crippen LogP contribution in [0.15, 0.2) is 5.11 Å². The number of halogens is 1. The first-order chi connectivity index (χ1) is 4.41. The molecule has 0 aromatic heterocycles. The van der Waals surface area contributed by atoms with Gasteiger partial charge in [-0.05, 0) is 30.1 Å². The lowest BCUT2D eigenvalue weighted by atomic mass is 10.3. The van der Waals surface area contributed by atoms with E-state index in [-0.39, 0.29) is 0 Å². The van der Waals surface area contributed by atoms with Crippen LogP contribution in [-0.4, -0.2) is 13.1 Å². The highest BCUT2D eigenvalue weighted by Gasteiger charge is 1.83. The zero-order chi connectivity index (χ0) is 6.95. The van der Waals surface area contributed by atoms with Crippen molar-refractivity contribution in [2.75, 3.05) is 13.1 Å². The topological polar surface area (TPSA) is 60.8 Å². The molecule has 0 radical (unpaired) electrons. The van der Waals surface area contributed by atoms with E-state index in [2.05, 4.69) is 14.9 Å². The molecule has 0 atom stereocenters.